The maximum atomic E-state index is 12.9. The van der Waals surface area contributed by atoms with Crippen LogP contribution >= 0.6 is 28.3 Å². The molecule has 4 nitrogen and oxygen atoms in total. The van der Waals surface area contributed by atoms with Crippen molar-refractivity contribution in [3.63, 3.8) is 0 Å². The van der Waals surface area contributed by atoms with Crippen LogP contribution < -0.4 is 10.1 Å². The first kappa shape index (κ1) is 19.8. The molecule has 0 radical (unpaired) electrons. The van der Waals surface area contributed by atoms with Crippen LogP contribution in [0.2, 0.25) is 0 Å². The zero-order valence-electron chi connectivity index (χ0n) is 13.9. The number of rotatable bonds is 4. The van der Waals surface area contributed by atoms with E-state index in [2.05, 4.69) is 21.2 Å². The Morgan fingerprint density at radius 2 is 1.84 bits per heavy atom. The second-order valence-corrected chi connectivity index (χ2v) is 6.63. The molecule has 0 aromatic heterocycles. The summed E-state index contributed by atoms with van der Waals surface area (Å²) in [6.07, 6.45) is 0.978. The first-order chi connectivity index (χ1) is 11.8. The van der Waals surface area contributed by atoms with Gasteiger partial charge in [-0.15, -0.1) is 12.4 Å². The predicted molar refractivity (Wildman–Crippen MR) is 106 cm³/mol. The Hall–Kier alpha value is -1.56. The number of hydrogen-bond acceptors (Lipinski definition) is 3. The first-order valence-electron chi connectivity index (χ1n) is 8.21. The molecule has 25 heavy (non-hydrogen) atoms. The maximum absolute atomic E-state index is 12.9. The highest BCUT2D eigenvalue weighted by Gasteiger charge is 2.20. The predicted octanol–water partition coefficient (Wildman–Crippen LogP) is 3.89. The van der Waals surface area contributed by atoms with Crippen molar-refractivity contribution < 1.29 is 9.53 Å². The van der Waals surface area contributed by atoms with Crippen LogP contribution in [-0.2, 0) is 6.61 Å². The van der Waals surface area contributed by atoms with E-state index in [1.807, 2.05) is 53.4 Å². The fourth-order valence-electron chi connectivity index (χ4n) is 2.76. The third kappa shape index (κ3) is 5.21. The Bertz CT molecular complexity index is 703. The average Bonchev–Trinajstić information content (AvgIpc) is 2.90. The lowest BCUT2D eigenvalue weighted by molar-refractivity contribution is 0.0761. The lowest BCUT2D eigenvalue weighted by Crippen LogP contribution is -2.34. The molecule has 134 valence electrons. The minimum atomic E-state index is 0. The monoisotopic (exact) mass is 424 g/mol. The Morgan fingerprint density at radius 3 is 2.68 bits per heavy atom. The summed E-state index contributed by atoms with van der Waals surface area (Å²) in [5.74, 6) is 0.678. The zero-order valence-corrected chi connectivity index (χ0v) is 16.3. The molecule has 0 unspecified atom stereocenters. The number of hydrogen-bond donors (Lipinski definition) is 1. The molecule has 1 aliphatic heterocycles. The minimum absolute atomic E-state index is 0. The number of amides is 1. The number of ether oxygens (including phenoxy) is 1. The van der Waals surface area contributed by atoms with Gasteiger partial charge in [0, 0.05) is 29.7 Å². The largest absolute Gasteiger partial charge is 0.488 e. The van der Waals surface area contributed by atoms with Crippen molar-refractivity contribution >= 4 is 34.2 Å². The number of halogens is 2. The quantitative estimate of drug-likeness (QED) is 0.808. The molecule has 1 N–H and O–H groups in total. The number of nitrogens with zero attached hydrogens (tertiary/aromatic N) is 1. The zero-order chi connectivity index (χ0) is 16.8. The van der Waals surface area contributed by atoms with E-state index in [9.17, 15) is 4.79 Å². The molecule has 0 spiro atoms. The van der Waals surface area contributed by atoms with Crippen molar-refractivity contribution in [3.8, 4) is 5.75 Å². The van der Waals surface area contributed by atoms with E-state index in [1.165, 1.54) is 0 Å². The van der Waals surface area contributed by atoms with Crippen molar-refractivity contribution in [1.82, 2.24) is 10.2 Å². The number of carbonyl (C=O) groups is 1. The van der Waals surface area contributed by atoms with Gasteiger partial charge in [-0.3, -0.25) is 4.79 Å². The molecule has 2 aromatic carbocycles. The van der Waals surface area contributed by atoms with Gasteiger partial charge < -0.3 is 15.0 Å². The highest BCUT2D eigenvalue weighted by Crippen LogP contribution is 2.23. The molecule has 6 heteroatoms. The summed E-state index contributed by atoms with van der Waals surface area (Å²) in [5, 5.41) is 3.32. The number of carbonyl (C=O) groups excluding carboxylic acids is 1. The summed E-state index contributed by atoms with van der Waals surface area (Å²) in [4.78, 5) is 14.8. The van der Waals surface area contributed by atoms with E-state index in [0.29, 0.717) is 17.9 Å². The Kier molecular flexibility index (Phi) is 7.75. The smallest absolute Gasteiger partial charge is 0.257 e. The van der Waals surface area contributed by atoms with E-state index >= 15 is 0 Å². The van der Waals surface area contributed by atoms with Gasteiger partial charge in [0.05, 0.1) is 5.56 Å². The van der Waals surface area contributed by atoms with Crippen molar-refractivity contribution in [3.05, 3.63) is 64.1 Å². The second-order valence-electron chi connectivity index (χ2n) is 5.77. The van der Waals surface area contributed by atoms with E-state index in [4.69, 9.17) is 4.74 Å². The molecule has 0 bridgehead atoms. The Labute approximate surface area is 163 Å². The number of para-hydroxylation sites is 1. The molecule has 0 aliphatic carbocycles. The third-order valence-corrected chi connectivity index (χ3v) is 4.86. The van der Waals surface area contributed by atoms with Crippen molar-refractivity contribution in [1.29, 1.82) is 0 Å². The molecule has 2 aromatic rings. The van der Waals surface area contributed by atoms with Gasteiger partial charge in [-0.1, -0.05) is 46.3 Å². The van der Waals surface area contributed by atoms with Gasteiger partial charge in [0.15, 0.2) is 0 Å². The maximum Gasteiger partial charge on any atom is 0.257 e. The van der Waals surface area contributed by atoms with Crippen LogP contribution in [0.1, 0.15) is 22.3 Å². The molecular weight excluding hydrogens is 404 g/mol. The summed E-state index contributed by atoms with van der Waals surface area (Å²) in [6, 6.07) is 15.4. The lowest BCUT2D eigenvalue weighted by atomic mass is 10.1. The topological polar surface area (TPSA) is 41.6 Å². The highest BCUT2D eigenvalue weighted by atomic mass is 79.9. The lowest BCUT2D eigenvalue weighted by Gasteiger charge is -2.21. The van der Waals surface area contributed by atoms with Gasteiger partial charge in [-0.25, -0.2) is 0 Å². The molecule has 1 saturated heterocycles. The molecule has 0 saturated carbocycles. The average molecular weight is 426 g/mol. The minimum Gasteiger partial charge on any atom is -0.488 e. The molecule has 0 atom stereocenters. The van der Waals surface area contributed by atoms with E-state index in [-0.39, 0.29) is 18.3 Å². The van der Waals surface area contributed by atoms with Gasteiger partial charge in [0.1, 0.15) is 12.4 Å². The highest BCUT2D eigenvalue weighted by molar-refractivity contribution is 9.10. The first-order valence-corrected chi connectivity index (χ1v) is 9.00. The molecular formula is C19H22BrClN2O2. The summed E-state index contributed by atoms with van der Waals surface area (Å²) < 4.78 is 6.96. The Morgan fingerprint density at radius 1 is 1.08 bits per heavy atom. The van der Waals surface area contributed by atoms with E-state index in [0.717, 1.165) is 42.6 Å². The number of nitrogens with one attached hydrogen (secondary N) is 1. The summed E-state index contributed by atoms with van der Waals surface area (Å²) in [6.45, 7) is 3.74. The molecule has 1 fully saturated rings. The standard InChI is InChI=1S/C19H21BrN2O2.ClH/c20-17-8-3-1-6-15(17)14-24-18-9-4-2-7-16(18)19(23)22-12-5-10-21-11-13-22;/h1-4,6-9,21H,5,10-14H2;1H. The summed E-state index contributed by atoms with van der Waals surface area (Å²) in [5.41, 5.74) is 1.69. The Balaban J connectivity index is 0.00000225. The van der Waals surface area contributed by atoms with Gasteiger partial charge in [-0.2, -0.15) is 0 Å². The summed E-state index contributed by atoms with van der Waals surface area (Å²) >= 11 is 3.53. The van der Waals surface area contributed by atoms with Crippen molar-refractivity contribution in [2.24, 2.45) is 0 Å². The van der Waals surface area contributed by atoms with E-state index < -0.39 is 0 Å². The van der Waals surface area contributed by atoms with Gasteiger partial charge in [-0.05, 0) is 31.2 Å². The van der Waals surface area contributed by atoms with Crippen LogP contribution in [0, 0.1) is 0 Å². The molecule has 1 heterocycles. The van der Waals surface area contributed by atoms with Crippen LogP contribution in [0.25, 0.3) is 0 Å². The normalized spacial score (nSPS) is 14.4. The molecule has 1 aliphatic rings. The van der Waals surface area contributed by atoms with Crippen LogP contribution in [0.3, 0.4) is 0 Å². The fourth-order valence-corrected chi connectivity index (χ4v) is 3.16. The summed E-state index contributed by atoms with van der Waals surface area (Å²) in [7, 11) is 0. The third-order valence-electron chi connectivity index (χ3n) is 4.09. The van der Waals surface area contributed by atoms with Crippen molar-refractivity contribution in [2.75, 3.05) is 26.2 Å². The van der Waals surface area contributed by atoms with Crippen molar-refractivity contribution in [2.45, 2.75) is 13.0 Å². The van der Waals surface area contributed by atoms with Gasteiger partial charge in [0.25, 0.3) is 5.91 Å². The van der Waals surface area contributed by atoms with Gasteiger partial charge in [0.2, 0.25) is 0 Å². The second kappa shape index (κ2) is 9.80. The molecule has 1 amide bonds. The van der Waals surface area contributed by atoms with Crippen LogP contribution in [-0.4, -0.2) is 37.0 Å². The van der Waals surface area contributed by atoms with E-state index in [1.54, 1.807) is 0 Å². The van der Waals surface area contributed by atoms with Crippen LogP contribution in [0.15, 0.2) is 53.0 Å². The van der Waals surface area contributed by atoms with Gasteiger partial charge >= 0.3 is 0 Å². The SMILES string of the molecule is Cl.O=C(c1ccccc1OCc1ccccc1Br)N1CCCNCC1. The van der Waals surface area contributed by atoms with Crippen LogP contribution in [0.5, 0.6) is 5.75 Å². The molecule has 3 rings (SSSR count). The number of benzene rings is 2. The fraction of sp³-hybridized carbons (Fsp3) is 0.316. The van der Waals surface area contributed by atoms with Crippen LogP contribution in [0.4, 0.5) is 0 Å².